The molecule has 2 amide bonds. The van der Waals surface area contributed by atoms with Gasteiger partial charge < -0.3 is 0 Å². The van der Waals surface area contributed by atoms with Gasteiger partial charge in [0.25, 0.3) is 11.8 Å². The fourth-order valence-corrected chi connectivity index (χ4v) is 3.81. The molecule has 10 nitrogen and oxygen atoms in total. The Morgan fingerprint density at radius 1 is 0.906 bits per heavy atom. The molecule has 0 bridgehead atoms. The molecule has 0 saturated carbocycles. The van der Waals surface area contributed by atoms with Crippen LogP contribution in [0.4, 0.5) is 0 Å². The molecular weight excluding hydrogens is 408 g/mol. The smallest absolute Gasteiger partial charge is 0.267 e. The lowest BCUT2D eigenvalue weighted by molar-refractivity contribution is 0.0843. The molecule has 4 aromatic rings. The maximum absolute atomic E-state index is 12.8. The molecule has 2 aromatic carbocycles. The first-order valence-electron chi connectivity index (χ1n) is 10.2. The Bertz CT molecular complexity index is 1270. The van der Waals surface area contributed by atoms with E-state index in [0.717, 1.165) is 41.8 Å². The standard InChI is InChI=1S/C22H20N8O2/c1-14-5-9-17(10-6-14)30-19-4-2-3-18(19)20(26-30)22(32)25-24-21(31)15-7-11-16(12-8-15)29-13-23-27-28-29/h5-13H,2-4H2,1H3,(H,24,31)(H,25,32). The zero-order valence-electron chi connectivity index (χ0n) is 17.3. The zero-order chi connectivity index (χ0) is 22.1. The van der Waals surface area contributed by atoms with Gasteiger partial charge in [0.15, 0.2) is 5.69 Å². The molecule has 0 fully saturated rings. The minimum Gasteiger partial charge on any atom is -0.267 e. The van der Waals surface area contributed by atoms with Gasteiger partial charge in [-0.15, -0.1) is 5.10 Å². The van der Waals surface area contributed by atoms with Gasteiger partial charge in [0, 0.05) is 16.8 Å². The highest BCUT2D eigenvalue weighted by Gasteiger charge is 2.27. The molecule has 2 aromatic heterocycles. The third-order valence-electron chi connectivity index (χ3n) is 5.46. The first-order valence-corrected chi connectivity index (χ1v) is 10.2. The van der Waals surface area contributed by atoms with Crippen molar-refractivity contribution in [1.82, 2.24) is 40.8 Å². The van der Waals surface area contributed by atoms with E-state index in [9.17, 15) is 9.59 Å². The van der Waals surface area contributed by atoms with Crippen LogP contribution in [0.3, 0.4) is 0 Å². The van der Waals surface area contributed by atoms with Crippen LogP contribution in [0, 0.1) is 6.92 Å². The van der Waals surface area contributed by atoms with Crippen LogP contribution in [0.2, 0.25) is 0 Å². The van der Waals surface area contributed by atoms with E-state index in [4.69, 9.17) is 0 Å². The number of carbonyl (C=O) groups excluding carboxylic acids is 2. The summed E-state index contributed by atoms with van der Waals surface area (Å²) in [6, 6.07) is 14.7. The van der Waals surface area contributed by atoms with E-state index < -0.39 is 11.8 Å². The van der Waals surface area contributed by atoms with Gasteiger partial charge in [-0.1, -0.05) is 17.7 Å². The van der Waals surface area contributed by atoms with Gasteiger partial charge in [-0.05, 0) is 73.0 Å². The number of tetrazole rings is 1. The van der Waals surface area contributed by atoms with Gasteiger partial charge in [-0.3, -0.25) is 20.4 Å². The Balaban J connectivity index is 1.30. The number of hydrogen-bond donors (Lipinski definition) is 2. The van der Waals surface area contributed by atoms with Crippen LogP contribution in [-0.2, 0) is 12.8 Å². The summed E-state index contributed by atoms with van der Waals surface area (Å²) in [6.07, 6.45) is 4.09. The Labute approximate surface area is 183 Å². The van der Waals surface area contributed by atoms with Crippen molar-refractivity contribution in [3.63, 3.8) is 0 Å². The molecule has 2 heterocycles. The minimum atomic E-state index is -0.437. The molecule has 5 rings (SSSR count). The highest BCUT2D eigenvalue weighted by Crippen LogP contribution is 2.27. The highest BCUT2D eigenvalue weighted by molar-refractivity contribution is 5.99. The van der Waals surface area contributed by atoms with E-state index >= 15 is 0 Å². The molecule has 0 radical (unpaired) electrons. The van der Waals surface area contributed by atoms with Crippen molar-refractivity contribution in [2.45, 2.75) is 26.2 Å². The summed E-state index contributed by atoms with van der Waals surface area (Å²) in [6.45, 7) is 2.03. The second-order valence-electron chi connectivity index (χ2n) is 7.58. The summed E-state index contributed by atoms with van der Waals surface area (Å²) in [7, 11) is 0. The minimum absolute atomic E-state index is 0.340. The van der Waals surface area contributed by atoms with Crippen LogP contribution in [0.15, 0.2) is 54.9 Å². The van der Waals surface area contributed by atoms with Crippen LogP contribution in [0.5, 0.6) is 0 Å². The highest BCUT2D eigenvalue weighted by atomic mass is 16.2. The summed E-state index contributed by atoms with van der Waals surface area (Å²) in [5.41, 5.74) is 10.4. The number of hydrazine groups is 1. The van der Waals surface area contributed by atoms with Crippen molar-refractivity contribution in [2.75, 3.05) is 0 Å². The molecule has 0 unspecified atom stereocenters. The lowest BCUT2D eigenvalue weighted by Gasteiger charge is -2.08. The number of benzene rings is 2. The molecule has 0 aliphatic heterocycles. The third-order valence-corrected chi connectivity index (χ3v) is 5.46. The maximum Gasteiger partial charge on any atom is 0.290 e. The van der Waals surface area contributed by atoms with Gasteiger partial charge in [-0.2, -0.15) is 5.10 Å². The Morgan fingerprint density at radius 3 is 2.34 bits per heavy atom. The Kier molecular flexibility index (Phi) is 4.94. The first-order chi connectivity index (χ1) is 15.6. The molecule has 0 spiro atoms. The SMILES string of the molecule is Cc1ccc(-n2nc(C(=O)NNC(=O)c3ccc(-n4cnnn4)cc3)c3c2CCC3)cc1. The molecule has 32 heavy (non-hydrogen) atoms. The van der Waals surface area contributed by atoms with Gasteiger partial charge in [0.1, 0.15) is 6.33 Å². The van der Waals surface area contributed by atoms with Crippen LogP contribution >= 0.6 is 0 Å². The van der Waals surface area contributed by atoms with E-state index in [1.54, 1.807) is 24.3 Å². The van der Waals surface area contributed by atoms with Crippen LogP contribution in [0.1, 0.15) is 44.1 Å². The number of fused-ring (bicyclic) bond motifs is 1. The van der Waals surface area contributed by atoms with Gasteiger partial charge >= 0.3 is 0 Å². The van der Waals surface area contributed by atoms with E-state index in [1.807, 2.05) is 35.9 Å². The average Bonchev–Trinajstić information content (AvgIpc) is 3.56. The summed E-state index contributed by atoms with van der Waals surface area (Å²) < 4.78 is 3.31. The Hall–Kier alpha value is -4.34. The normalized spacial score (nSPS) is 12.4. The molecular formula is C22H20N8O2. The molecule has 1 aliphatic carbocycles. The first kappa shape index (κ1) is 19.6. The second kappa shape index (κ2) is 8.06. The number of aryl methyl sites for hydroxylation is 1. The van der Waals surface area contributed by atoms with Crippen LogP contribution in [0.25, 0.3) is 11.4 Å². The van der Waals surface area contributed by atoms with Crippen molar-refractivity contribution in [3.8, 4) is 11.4 Å². The molecule has 0 saturated heterocycles. The van der Waals surface area contributed by atoms with Crippen molar-refractivity contribution in [2.24, 2.45) is 0 Å². The number of hydrogen-bond acceptors (Lipinski definition) is 6. The average molecular weight is 428 g/mol. The van der Waals surface area contributed by atoms with Crippen molar-refractivity contribution >= 4 is 11.8 Å². The predicted molar refractivity (Wildman–Crippen MR) is 114 cm³/mol. The van der Waals surface area contributed by atoms with Gasteiger partial charge in [0.2, 0.25) is 0 Å². The van der Waals surface area contributed by atoms with Crippen LogP contribution in [-0.4, -0.2) is 41.8 Å². The van der Waals surface area contributed by atoms with Gasteiger partial charge in [0.05, 0.1) is 11.4 Å². The van der Waals surface area contributed by atoms with Gasteiger partial charge in [-0.25, -0.2) is 9.36 Å². The van der Waals surface area contributed by atoms with Crippen molar-refractivity contribution in [3.05, 3.63) is 82.9 Å². The third kappa shape index (κ3) is 3.62. The summed E-state index contributed by atoms with van der Waals surface area (Å²) >= 11 is 0. The van der Waals surface area contributed by atoms with E-state index in [1.165, 1.54) is 11.0 Å². The number of nitrogens with one attached hydrogen (secondary N) is 2. The van der Waals surface area contributed by atoms with Crippen molar-refractivity contribution < 1.29 is 9.59 Å². The lowest BCUT2D eigenvalue weighted by atomic mass is 10.2. The largest absolute Gasteiger partial charge is 0.290 e. The fourth-order valence-electron chi connectivity index (χ4n) is 3.81. The molecule has 2 N–H and O–H groups in total. The number of aromatic nitrogens is 6. The number of nitrogens with zero attached hydrogens (tertiary/aromatic N) is 6. The number of amides is 2. The van der Waals surface area contributed by atoms with E-state index in [2.05, 4.69) is 31.5 Å². The quantitative estimate of drug-likeness (QED) is 0.478. The topological polar surface area (TPSA) is 120 Å². The number of rotatable bonds is 4. The lowest BCUT2D eigenvalue weighted by Crippen LogP contribution is -2.42. The summed E-state index contributed by atoms with van der Waals surface area (Å²) in [4.78, 5) is 25.3. The summed E-state index contributed by atoms with van der Waals surface area (Å²) in [5.74, 6) is -0.871. The zero-order valence-corrected chi connectivity index (χ0v) is 17.3. The predicted octanol–water partition coefficient (Wildman–Crippen LogP) is 1.72. The maximum atomic E-state index is 12.8. The fraction of sp³-hybridized carbons (Fsp3) is 0.182. The van der Waals surface area contributed by atoms with Crippen molar-refractivity contribution in [1.29, 1.82) is 0 Å². The molecule has 10 heteroatoms. The van der Waals surface area contributed by atoms with E-state index in [-0.39, 0.29) is 0 Å². The monoisotopic (exact) mass is 428 g/mol. The Morgan fingerprint density at radius 2 is 1.62 bits per heavy atom. The second-order valence-corrected chi connectivity index (χ2v) is 7.58. The van der Waals surface area contributed by atoms with Crippen LogP contribution < -0.4 is 10.9 Å². The number of carbonyl (C=O) groups is 2. The molecule has 0 atom stereocenters. The van der Waals surface area contributed by atoms with E-state index in [0.29, 0.717) is 16.9 Å². The molecule has 160 valence electrons. The summed E-state index contributed by atoms with van der Waals surface area (Å²) in [5, 5.41) is 15.5. The molecule has 1 aliphatic rings.